The van der Waals surface area contributed by atoms with Crippen molar-refractivity contribution in [3.8, 4) is 0 Å². The number of aliphatic hydroxyl groups excluding tert-OH is 1. The van der Waals surface area contributed by atoms with Crippen LogP contribution in [0.25, 0.3) is 0 Å². The van der Waals surface area contributed by atoms with E-state index in [1.165, 1.54) is 24.3 Å². The maximum Gasteiger partial charge on any atom is 0.423 e. The topological polar surface area (TPSA) is 99.8 Å². The predicted molar refractivity (Wildman–Crippen MR) is 122 cm³/mol. The minimum absolute atomic E-state index is 0.0712. The molecular weight excluding hydrogens is 505 g/mol. The molecule has 0 aliphatic carbocycles. The van der Waals surface area contributed by atoms with Crippen LogP contribution in [-0.2, 0) is 22.3 Å². The van der Waals surface area contributed by atoms with Gasteiger partial charge in [-0.1, -0.05) is 41.9 Å². The van der Waals surface area contributed by atoms with Gasteiger partial charge >= 0.3 is 11.9 Å². The van der Waals surface area contributed by atoms with Crippen molar-refractivity contribution in [2.24, 2.45) is 0 Å². The fraction of sp³-hybridized carbons (Fsp3) is 0.292. The lowest BCUT2D eigenvalue weighted by Gasteiger charge is -2.19. The van der Waals surface area contributed by atoms with Crippen molar-refractivity contribution in [2.75, 3.05) is 6.61 Å². The summed E-state index contributed by atoms with van der Waals surface area (Å²) in [7, 11) is 0. The van der Waals surface area contributed by atoms with Gasteiger partial charge in [0.05, 0.1) is 19.3 Å². The predicted octanol–water partition coefficient (Wildman–Crippen LogP) is 3.24. The van der Waals surface area contributed by atoms with Gasteiger partial charge in [-0.05, 0) is 29.8 Å². The average molecular weight is 525 g/mol. The van der Waals surface area contributed by atoms with Crippen molar-refractivity contribution in [1.29, 1.82) is 0 Å². The van der Waals surface area contributed by atoms with Crippen molar-refractivity contribution >= 4 is 17.5 Å². The Morgan fingerprint density at radius 1 is 1.11 bits per heavy atom. The maximum atomic E-state index is 13.6. The molecule has 0 saturated carbocycles. The molecular formula is C24H20ClF3N2O6. The third-order valence-corrected chi connectivity index (χ3v) is 5.87. The Morgan fingerprint density at radius 3 is 2.42 bits per heavy atom. The Kier molecular flexibility index (Phi) is 7.46. The third-order valence-electron chi connectivity index (χ3n) is 5.62. The highest BCUT2D eigenvalue weighted by Crippen LogP contribution is 2.31. The first-order valence-corrected chi connectivity index (χ1v) is 11.1. The summed E-state index contributed by atoms with van der Waals surface area (Å²) in [6.07, 6.45) is -8.60. The number of halogens is 4. The van der Waals surface area contributed by atoms with Crippen LogP contribution < -0.4 is 11.2 Å². The summed E-state index contributed by atoms with van der Waals surface area (Å²) in [6.45, 7) is 0.0345. The fourth-order valence-corrected chi connectivity index (χ4v) is 3.90. The minimum Gasteiger partial charge on any atom is -0.390 e. The van der Waals surface area contributed by atoms with Crippen molar-refractivity contribution < 1.29 is 32.5 Å². The van der Waals surface area contributed by atoms with Gasteiger partial charge in [0.1, 0.15) is 17.9 Å². The largest absolute Gasteiger partial charge is 0.423 e. The maximum absolute atomic E-state index is 13.6. The average Bonchev–Trinajstić information content (AvgIpc) is 3.20. The normalized spacial score (nSPS) is 20.0. The number of nitrogens with zero attached hydrogens (tertiary/aromatic N) is 2. The first kappa shape index (κ1) is 25.8. The second-order valence-corrected chi connectivity index (χ2v) is 8.55. The van der Waals surface area contributed by atoms with Crippen molar-refractivity contribution in [2.45, 2.75) is 37.6 Å². The Bertz CT molecular complexity index is 1360. The van der Waals surface area contributed by atoms with Crippen LogP contribution in [0.4, 0.5) is 13.2 Å². The van der Waals surface area contributed by atoms with Crippen LogP contribution in [0.2, 0.25) is 5.02 Å². The molecule has 1 unspecified atom stereocenters. The van der Waals surface area contributed by atoms with Crippen molar-refractivity contribution in [3.63, 3.8) is 0 Å². The number of benzene rings is 2. The molecule has 2 heterocycles. The van der Waals surface area contributed by atoms with E-state index in [-0.39, 0.29) is 29.8 Å². The van der Waals surface area contributed by atoms with Crippen LogP contribution in [0.1, 0.15) is 34.1 Å². The van der Waals surface area contributed by atoms with E-state index in [4.69, 9.17) is 21.1 Å². The molecule has 3 atom stereocenters. The molecule has 1 fully saturated rings. The van der Waals surface area contributed by atoms with Gasteiger partial charge in [-0.15, -0.1) is 0 Å². The van der Waals surface area contributed by atoms with E-state index in [9.17, 15) is 32.7 Å². The van der Waals surface area contributed by atoms with E-state index in [1.807, 2.05) is 0 Å². The number of aliphatic hydroxyl groups is 1. The molecule has 1 aliphatic heterocycles. The number of hydrogen-bond acceptors (Lipinski definition) is 6. The number of carbonyl (C=O) groups is 1. The first-order valence-electron chi connectivity index (χ1n) is 10.8. The van der Waals surface area contributed by atoms with Gasteiger partial charge in [-0.3, -0.25) is 14.2 Å². The SMILES string of the molecule is O=C(c1ccccc1)n1c(=O)c(C(F)(F)F)cn([C@@H]2CC(O)[C@H](COCc3ccc(Cl)cc3)O2)c1=O. The van der Waals surface area contributed by atoms with Crippen LogP contribution in [-0.4, -0.2) is 39.0 Å². The van der Waals surface area contributed by atoms with E-state index in [0.717, 1.165) is 5.56 Å². The molecule has 0 radical (unpaired) electrons. The zero-order valence-electron chi connectivity index (χ0n) is 18.5. The summed E-state index contributed by atoms with van der Waals surface area (Å²) in [6, 6.07) is 13.8. The van der Waals surface area contributed by atoms with Crippen molar-refractivity contribution in [1.82, 2.24) is 9.13 Å². The smallest absolute Gasteiger partial charge is 0.390 e. The van der Waals surface area contributed by atoms with Gasteiger partial charge < -0.3 is 14.6 Å². The monoisotopic (exact) mass is 524 g/mol. The lowest BCUT2D eigenvalue weighted by atomic mass is 10.2. The summed E-state index contributed by atoms with van der Waals surface area (Å²) in [5.41, 5.74) is -4.18. The number of hydrogen-bond donors (Lipinski definition) is 1. The summed E-state index contributed by atoms with van der Waals surface area (Å²) in [5.74, 6) is -1.22. The molecule has 190 valence electrons. The molecule has 3 aromatic rings. The highest BCUT2D eigenvalue weighted by molar-refractivity contribution is 6.30. The van der Waals surface area contributed by atoms with E-state index in [2.05, 4.69) is 0 Å². The van der Waals surface area contributed by atoms with Gasteiger partial charge in [0.15, 0.2) is 0 Å². The van der Waals surface area contributed by atoms with E-state index < -0.39 is 47.3 Å². The molecule has 1 N–H and O–H groups in total. The molecule has 1 saturated heterocycles. The van der Waals surface area contributed by atoms with Crippen molar-refractivity contribution in [3.05, 3.63) is 103 Å². The first-order chi connectivity index (χ1) is 17.1. The number of ether oxygens (including phenoxy) is 2. The highest BCUT2D eigenvalue weighted by Gasteiger charge is 2.41. The Morgan fingerprint density at radius 2 is 1.78 bits per heavy atom. The van der Waals surface area contributed by atoms with E-state index in [1.54, 1.807) is 30.3 Å². The summed E-state index contributed by atoms with van der Waals surface area (Å²) in [5, 5.41) is 10.9. The quantitative estimate of drug-likeness (QED) is 0.531. The van der Waals surface area contributed by atoms with E-state index in [0.29, 0.717) is 15.8 Å². The molecule has 4 rings (SSSR count). The number of aromatic nitrogens is 2. The summed E-state index contributed by atoms with van der Waals surface area (Å²) >= 11 is 5.84. The molecule has 1 aliphatic rings. The zero-order valence-corrected chi connectivity index (χ0v) is 19.3. The van der Waals surface area contributed by atoms with E-state index >= 15 is 0 Å². The second kappa shape index (κ2) is 10.4. The minimum atomic E-state index is -5.15. The molecule has 1 aromatic heterocycles. The molecule has 0 amide bonds. The zero-order chi connectivity index (χ0) is 26.0. The Hall–Kier alpha value is -3.25. The molecule has 0 spiro atoms. The molecule has 12 heteroatoms. The summed E-state index contributed by atoms with van der Waals surface area (Å²) < 4.78 is 52.5. The number of carbonyl (C=O) groups excluding carboxylic acids is 1. The van der Waals surface area contributed by atoms with Crippen LogP contribution in [0.15, 0.2) is 70.4 Å². The Labute approximate surface area is 207 Å². The molecule has 36 heavy (non-hydrogen) atoms. The molecule has 8 nitrogen and oxygen atoms in total. The van der Waals surface area contributed by atoms with Gasteiger partial charge in [-0.25, -0.2) is 4.79 Å². The second-order valence-electron chi connectivity index (χ2n) is 8.12. The third kappa shape index (κ3) is 5.44. The fourth-order valence-electron chi connectivity index (χ4n) is 3.77. The van der Waals surface area contributed by atoms with Crippen LogP contribution in [0.5, 0.6) is 0 Å². The lowest BCUT2D eigenvalue weighted by molar-refractivity contribution is -0.140. The highest BCUT2D eigenvalue weighted by atomic mass is 35.5. The van der Waals surface area contributed by atoms with Gasteiger partial charge in [0, 0.05) is 23.2 Å². The van der Waals surface area contributed by atoms with Gasteiger partial charge in [0.25, 0.3) is 11.5 Å². The van der Waals surface area contributed by atoms with Gasteiger partial charge in [-0.2, -0.15) is 17.7 Å². The molecule has 0 bridgehead atoms. The van der Waals surface area contributed by atoms with Crippen LogP contribution in [0, 0.1) is 0 Å². The molecule has 2 aromatic carbocycles. The lowest BCUT2D eigenvalue weighted by Crippen LogP contribution is -2.47. The number of rotatable bonds is 6. The standard InChI is InChI=1S/C24H20ClF3N2O6/c25-16-8-6-14(7-9-16)12-35-13-19-18(31)10-20(36-19)29-11-17(24(26,27)28)22(33)30(23(29)34)21(32)15-4-2-1-3-5-15/h1-9,11,18-20,31H,10,12-13H2/t18?,19-,20-/m0/s1. The number of alkyl halides is 3. The van der Waals surface area contributed by atoms with Crippen LogP contribution >= 0.6 is 11.6 Å². The van der Waals surface area contributed by atoms with Gasteiger partial charge in [0.2, 0.25) is 0 Å². The summed E-state index contributed by atoms with van der Waals surface area (Å²) in [4.78, 5) is 38.4. The Balaban J connectivity index is 1.61. The van der Waals surface area contributed by atoms with Crippen LogP contribution in [0.3, 0.4) is 0 Å².